The van der Waals surface area contributed by atoms with Crippen LogP contribution in [0.2, 0.25) is 15.1 Å². The predicted molar refractivity (Wildman–Crippen MR) is 89.4 cm³/mol. The van der Waals surface area contributed by atoms with Crippen molar-refractivity contribution < 1.29 is 4.79 Å². The minimum absolute atomic E-state index is 0.300. The first-order valence-corrected chi connectivity index (χ1v) is 7.49. The van der Waals surface area contributed by atoms with Gasteiger partial charge in [0.05, 0.1) is 20.8 Å². The second-order valence-electron chi connectivity index (χ2n) is 4.70. The molecule has 0 spiro atoms. The number of nitrogens with one attached hydrogen (secondary N) is 1. The molecule has 0 aliphatic carbocycles. The van der Waals surface area contributed by atoms with E-state index in [0.29, 0.717) is 37.8 Å². The largest absolute Gasteiger partial charge is 0.321 e. The number of pyridine rings is 1. The number of amides is 1. The summed E-state index contributed by atoms with van der Waals surface area (Å²) < 4.78 is 1.66. The third-order valence-electron chi connectivity index (χ3n) is 3.15. The van der Waals surface area contributed by atoms with E-state index in [1.165, 1.54) is 0 Å². The highest BCUT2D eigenvalue weighted by Gasteiger charge is 2.17. The fourth-order valence-corrected chi connectivity index (χ4v) is 2.63. The van der Waals surface area contributed by atoms with Crippen LogP contribution in [-0.4, -0.2) is 15.3 Å². The zero-order chi connectivity index (χ0) is 15.9. The van der Waals surface area contributed by atoms with Crippen molar-refractivity contribution in [2.24, 2.45) is 0 Å². The van der Waals surface area contributed by atoms with Gasteiger partial charge in [0.1, 0.15) is 11.3 Å². The quantitative estimate of drug-likeness (QED) is 0.714. The molecule has 1 aromatic carbocycles. The number of hydrogen-bond acceptors (Lipinski definition) is 2. The van der Waals surface area contributed by atoms with Crippen LogP contribution in [0.3, 0.4) is 0 Å². The highest BCUT2D eigenvalue weighted by atomic mass is 35.5. The second kappa shape index (κ2) is 5.80. The lowest BCUT2D eigenvalue weighted by Crippen LogP contribution is -2.15. The summed E-state index contributed by atoms with van der Waals surface area (Å²) in [5, 5.41) is 4.10. The van der Waals surface area contributed by atoms with Crippen LogP contribution in [0.4, 0.5) is 5.69 Å². The number of aryl methyl sites for hydroxylation is 1. The van der Waals surface area contributed by atoms with E-state index in [0.717, 1.165) is 0 Å². The summed E-state index contributed by atoms with van der Waals surface area (Å²) in [6, 6.07) is 8.37. The minimum atomic E-state index is -0.300. The van der Waals surface area contributed by atoms with E-state index in [1.54, 1.807) is 47.9 Å². The molecule has 0 bridgehead atoms. The number of carbonyl (C=O) groups is 1. The fourth-order valence-electron chi connectivity index (χ4n) is 2.17. The molecule has 2 heterocycles. The lowest BCUT2D eigenvalue weighted by Gasteiger charge is -2.07. The van der Waals surface area contributed by atoms with Crippen molar-refractivity contribution in [2.45, 2.75) is 6.92 Å². The first kappa shape index (κ1) is 15.2. The monoisotopic (exact) mass is 353 g/mol. The summed E-state index contributed by atoms with van der Waals surface area (Å²) >= 11 is 17.8. The number of carbonyl (C=O) groups excluding carboxylic acids is 1. The van der Waals surface area contributed by atoms with Crippen molar-refractivity contribution >= 4 is 52.0 Å². The van der Waals surface area contributed by atoms with Crippen LogP contribution in [0.15, 0.2) is 36.5 Å². The fraction of sp³-hybridized carbons (Fsp3) is 0.0667. The molecule has 112 valence electrons. The molecule has 0 saturated carbocycles. The molecule has 0 saturated heterocycles. The summed E-state index contributed by atoms with van der Waals surface area (Å²) in [5.41, 5.74) is 2.24. The molecule has 0 fully saturated rings. The van der Waals surface area contributed by atoms with E-state index in [-0.39, 0.29) is 5.91 Å². The maximum Gasteiger partial charge on any atom is 0.274 e. The number of fused-ring (bicyclic) bond motifs is 1. The molecule has 0 aliphatic rings. The van der Waals surface area contributed by atoms with Gasteiger partial charge < -0.3 is 5.32 Å². The zero-order valence-corrected chi connectivity index (χ0v) is 13.7. The first-order valence-electron chi connectivity index (χ1n) is 6.36. The molecule has 1 amide bonds. The molecule has 3 aromatic rings. The predicted octanol–water partition coefficient (Wildman–Crippen LogP) is 4.86. The molecular weight excluding hydrogens is 345 g/mol. The summed E-state index contributed by atoms with van der Waals surface area (Å²) in [5.74, 6) is -0.300. The van der Waals surface area contributed by atoms with Gasteiger partial charge in [0, 0.05) is 11.9 Å². The number of rotatable bonds is 2. The van der Waals surface area contributed by atoms with E-state index in [2.05, 4.69) is 10.3 Å². The van der Waals surface area contributed by atoms with Gasteiger partial charge in [-0.3, -0.25) is 9.20 Å². The number of benzene rings is 1. The summed E-state index contributed by atoms with van der Waals surface area (Å²) in [7, 11) is 0. The van der Waals surface area contributed by atoms with Crippen LogP contribution >= 0.6 is 34.8 Å². The highest BCUT2D eigenvalue weighted by Crippen LogP contribution is 2.25. The van der Waals surface area contributed by atoms with Crippen molar-refractivity contribution in [1.29, 1.82) is 0 Å². The van der Waals surface area contributed by atoms with E-state index < -0.39 is 0 Å². The SMILES string of the molecule is Cc1nc2ccc(Cl)cn2c1C(=O)Nc1ccc(Cl)c(Cl)c1. The Balaban J connectivity index is 2.00. The van der Waals surface area contributed by atoms with Crippen molar-refractivity contribution in [3.63, 3.8) is 0 Å². The van der Waals surface area contributed by atoms with Crippen molar-refractivity contribution in [3.05, 3.63) is 63.0 Å². The Morgan fingerprint density at radius 2 is 1.91 bits per heavy atom. The van der Waals surface area contributed by atoms with E-state index in [4.69, 9.17) is 34.8 Å². The van der Waals surface area contributed by atoms with Crippen LogP contribution in [-0.2, 0) is 0 Å². The van der Waals surface area contributed by atoms with Crippen LogP contribution in [0, 0.1) is 6.92 Å². The average molecular weight is 355 g/mol. The van der Waals surface area contributed by atoms with E-state index in [1.807, 2.05) is 0 Å². The molecule has 7 heteroatoms. The molecule has 0 aliphatic heterocycles. The molecule has 3 rings (SSSR count). The Kier molecular flexibility index (Phi) is 4.00. The summed E-state index contributed by atoms with van der Waals surface area (Å²) in [6.07, 6.45) is 1.65. The van der Waals surface area contributed by atoms with Gasteiger partial charge >= 0.3 is 0 Å². The van der Waals surface area contributed by atoms with Crippen molar-refractivity contribution in [1.82, 2.24) is 9.38 Å². The Morgan fingerprint density at radius 1 is 1.14 bits per heavy atom. The van der Waals surface area contributed by atoms with Crippen LogP contribution in [0.1, 0.15) is 16.2 Å². The number of halogens is 3. The van der Waals surface area contributed by atoms with Crippen molar-refractivity contribution in [3.8, 4) is 0 Å². The molecular formula is C15H10Cl3N3O. The number of hydrogen-bond donors (Lipinski definition) is 1. The number of aromatic nitrogens is 2. The maximum absolute atomic E-state index is 12.5. The van der Waals surface area contributed by atoms with Crippen LogP contribution < -0.4 is 5.32 Å². The maximum atomic E-state index is 12.5. The highest BCUT2D eigenvalue weighted by molar-refractivity contribution is 6.42. The lowest BCUT2D eigenvalue weighted by molar-refractivity contribution is 0.102. The molecule has 2 aromatic heterocycles. The molecule has 0 radical (unpaired) electrons. The lowest BCUT2D eigenvalue weighted by atomic mass is 10.3. The number of imidazole rings is 1. The molecule has 1 N–H and O–H groups in total. The third-order valence-corrected chi connectivity index (χ3v) is 4.11. The van der Waals surface area contributed by atoms with Crippen LogP contribution in [0.5, 0.6) is 0 Å². The van der Waals surface area contributed by atoms with Gasteiger partial charge in [-0.2, -0.15) is 0 Å². The van der Waals surface area contributed by atoms with Gasteiger partial charge in [-0.15, -0.1) is 0 Å². The van der Waals surface area contributed by atoms with Crippen molar-refractivity contribution in [2.75, 3.05) is 5.32 Å². The Morgan fingerprint density at radius 3 is 2.64 bits per heavy atom. The second-order valence-corrected chi connectivity index (χ2v) is 5.96. The van der Waals surface area contributed by atoms with Gasteiger partial charge in [-0.25, -0.2) is 4.98 Å². The molecule has 0 unspecified atom stereocenters. The molecule has 0 atom stereocenters. The normalized spacial score (nSPS) is 10.9. The van der Waals surface area contributed by atoms with Gasteiger partial charge in [-0.1, -0.05) is 34.8 Å². The number of nitrogens with zero attached hydrogens (tertiary/aromatic N) is 2. The Labute approximate surface area is 141 Å². The van der Waals surface area contributed by atoms with Gasteiger partial charge in [0.15, 0.2) is 0 Å². The smallest absolute Gasteiger partial charge is 0.274 e. The summed E-state index contributed by atoms with van der Waals surface area (Å²) in [4.78, 5) is 16.9. The zero-order valence-electron chi connectivity index (χ0n) is 11.4. The summed E-state index contributed by atoms with van der Waals surface area (Å²) in [6.45, 7) is 1.77. The van der Waals surface area contributed by atoms with Gasteiger partial charge in [0.2, 0.25) is 0 Å². The average Bonchev–Trinajstić information content (AvgIpc) is 2.78. The van der Waals surface area contributed by atoms with E-state index in [9.17, 15) is 4.79 Å². The first-order chi connectivity index (χ1) is 10.5. The van der Waals surface area contributed by atoms with E-state index >= 15 is 0 Å². The third kappa shape index (κ3) is 2.77. The Bertz CT molecular complexity index is 889. The minimum Gasteiger partial charge on any atom is -0.321 e. The van der Waals surface area contributed by atoms with Gasteiger partial charge in [0.25, 0.3) is 5.91 Å². The number of anilines is 1. The standard InChI is InChI=1S/C15H10Cl3N3O/c1-8-14(21-7-9(16)2-5-13(21)19-8)15(22)20-10-3-4-11(17)12(18)6-10/h2-7H,1H3,(H,20,22). The topological polar surface area (TPSA) is 46.4 Å². The van der Waals surface area contributed by atoms with Crippen LogP contribution in [0.25, 0.3) is 5.65 Å². The van der Waals surface area contributed by atoms with Gasteiger partial charge in [-0.05, 0) is 37.3 Å². The molecule has 4 nitrogen and oxygen atoms in total. The Hall–Kier alpha value is -1.75. The molecule has 22 heavy (non-hydrogen) atoms.